The minimum atomic E-state index is -0.271. The second-order valence-electron chi connectivity index (χ2n) is 8.24. The zero-order chi connectivity index (χ0) is 24.4. The average molecular weight is 486 g/mol. The van der Waals surface area contributed by atoms with E-state index < -0.39 is 0 Å². The molecule has 0 atom stereocenters. The van der Waals surface area contributed by atoms with Crippen molar-refractivity contribution >= 4 is 27.5 Å². The van der Waals surface area contributed by atoms with Crippen molar-refractivity contribution < 1.29 is 9.32 Å². The molecule has 0 fully saturated rings. The van der Waals surface area contributed by atoms with Crippen LogP contribution in [0.4, 0.5) is 0 Å². The Labute approximate surface area is 205 Å². The van der Waals surface area contributed by atoms with Crippen LogP contribution in [0.1, 0.15) is 16.7 Å². The molecule has 0 aliphatic heterocycles. The molecule has 0 aliphatic carbocycles. The number of hydrogen-bond donors (Lipinski definition) is 1. The summed E-state index contributed by atoms with van der Waals surface area (Å²) in [5, 5.41) is 7.45. The van der Waals surface area contributed by atoms with E-state index in [1.807, 2.05) is 68.4 Å². The number of aryl methyl sites for hydroxylation is 2. The van der Waals surface area contributed by atoms with E-state index >= 15 is 0 Å². The van der Waals surface area contributed by atoms with E-state index in [-0.39, 0.29) is 18.0 Å². The number of aromatic nitrogens is 4. The molecule has 5 aromatic rings. The number of rotatable bonds is 7. The SMILES string of the molecule is Cc1ccccc1-c1noc(-c2sc3ncn(CC(=O)NCCc4ccccc4)c(=O)c3c2C)n1. The summed E-state index contributed by atoms with van der Waals surface area (Å²) in [5.41, 5.74) is 3.51. The molecule has 0 bridgehead atoms. The lowest BCUT2D eigenvalue weighted by molar-refractivity contribution is -0.121. The molecule has 35 heavy (non-hydrogen) atoms. The third-order valence-electron chi connectivity index (χ3n) is 5.82. The number of carbonyl (C=O) groups excluding carboxylic acids is 1. The maximum Gasteiger partial charge on any atom is 0.268 e. The third-order valence-corrected chi connectivity index (χ3v) is 7.00. The van der Waals surface area contributed by atoms with Crippen molar-refractivity contribution in [1.29, 1.82) is 0 Å². The fourth-order valence-corrected chi connectivity index (χ4v) is 4.99. The number of benzene rings is 2. The summed E-state index contributed by atoms with van der Waals surface area (Å²) in [5.74, 6) is 0.595. The molecule has 8 nitrogen and oxygen atoms in total. The Kier molecular flexibility index (Phi) is 6.24. The molecule has 3 aromatic heterocycles. The van der Waals surface area contributed by atoms with Crippen molar-refractivity contribution in [2.24, 2.45) is 0 Å². The lowest BCUT2D eigenvalue weighted by Crippen LogP contribution is -2.33. The van der Waals surface area contributed by atoms with E-state index in [0.29, 0.717) is 38.9 Å². The topological polar surface area (TPSA) is 103 Å². The fourth-order valence-electron chi connectivity index (χ4n) is 3.93. The molecule has 0 saturated carbocycles. The molecular weight excluding hydrogens is 462 g/mol. The first-order valence-electron chi connectivity index (χ1n) is 11.2. The van der Waals surface area contributed by atoms with Gasteiger partial charge in [-0.05, 0) is 37.0 Å². The fraction of sp³-hybridized carbons (Fsp3) is 0.192. The Morgan fingerprint density at radius 3 is 2.66 bits per heavy atom. The first-order chi connectivity index (χ1) is 17.0. The van der Waals surface area contributed by atoms with E-state index in [9.17, 15) is 9.59 Å². The molecule has 5 rings (SSSR count). The molecule has 0 aliphatic rings. The lowest BCUT2D eigenvalue weighted by Gasteiger charge is -2.07. The van der Waals surface area contributed by atoms with Crippen molar-refractivity contribution in [3.8, 4) is 22.2 Å². The summed E-state index contributed by atoms with van der Waals surface area (Å²) in [6.07, 6.45) is 2.13. The van der Waals surface area contributed by atoms with Gasteiger partial charge in [-0.3, -0.25) is 14.2 Å². The predicted molar refractivity (Wildman–Crippen MR) is 135 cm³/mol. The Balaban J connectivity index is 1.36. The summed E-state index contributed by atoms with van der Waals surface area (Å²) in [4.78, 5) is 35.9. The third kappa shape index (κ3) is 4.63. The molecule has 0 radical (unpaired) electrons. The molecule has 176 valence electrons. The average Bonchev–Trinajstić information content (AvgIpc) is 3.47. The van der Waals surface area contributed by atoms with Gasteiger partial charge in [0, 0.05) is 12.1 Å². The van der Waals surface area contributed by atoms with Crippen molar-refractivity contribution in [3.63, 3.8) is 0 Å². The minimum Gasteiger partial charge on any atom is -0.354 e. The Hall–Kier alpha value is -4.11. The van der Waals surface area contributed by atoms with Gasteiger partial charge in [-0.2, -0.15) is 4.98 Å². The van der Waals surface area contributed by atoms with Crippen molar-refractivity contribution in [2.45, 2.75) is 26.8 Å². The number of amides is 1. The first-order valence-corrected chi connectivity index (χ1v) is 12.0. The predicted octanol–water partition coefficient (Wildman–Crippen LogP) is 4.15. The second kappa shape index (κ2) is 9.63. The van der Waals surface area contributed by atoms with Crippen LogP contribution >= 0.6 is 11.3 Å². The Morgan fingerprint density at radius 2 is 1.86 bits per heavy atom. The number of hydrogen-bond acceptors (Lipinski definition) is 7. The smallest absolute Gasteiger partial charge is 0.268 e. The van der Waals surface area contributed by atoms with Gasteiger partial charge in [0.1, 0.15) is 11.4 Å². The van der Waals surface area contributed by atoms with Gasteiger partial charge in [-0.1, -0.05) is 59.8 Å². The zero-order valence-corrected chi connectivity index (χ0v) is 20.1. The lowest BCUT2D eigenvalue weighted by atomic mass is 10.1. The Morgan fingerprint density at radius 1 is 1.09 bits per heavy atom. The summed E-state index contributed by atoms with van der Waals surface area (Å²) >= 11 is 1.32. The molecule has 2 aromatic carbocycles. The highest BCUT2D eigenvalue weighted by Gasteiger charge is 2.21. The van der Waals surface area contributed by atoms with E-state index in [1.165, 1.54) is 22.2 Å². The van der Waals surface area contributed by atoms with Crippen LogP contribution in [0.15, 0.2) is 70.2 Å². The molecule has 0 unspecified atom stereocenters. The van der Waals surface area contributed by atoms with Gasteiger partial charge < -0.3 is 9.84 Å². The quantitative estimate of drug-likeness (QED) is 0.372. The maximum absolute atomic E-state index is 13.2. The molecule has 3 heterocycles. The van der Waals surface area contributed by atoms with Crippen molar-refractivity contribution in [1.82, 2.24) is 25.0 Å². The van der Waals surface area contributed by atoms with Gasteiger partial charge in [-0.25, -0.2) is 4.98 Å². The maximum atomic E-state index is 13.2. The van der Waals surface area contributed by atoms with Crippen LogP contribution in [0.2, 0.25) is 0 Å². The standard InChI is InChI=1S/C26H23N5O3S/c1-16-8-6-7-11-19(16)23-29-24(34-30-23)22-17(2)21-25(35-22)28-15-31(26(21)33)14-20(32)27-13-12-18-9-4-3-5-10-18/h3-11,15H,12-14H2,1-2H3,(H,27,32). The van der Waals surface area contributed by atoms with Gasteiger partial charge in [-0.15, -0.1) is 11.3 Å². The van der Waals surface area contributed by atoms with E-state index in [2.05, 4.69) is 20.4 Å². The van der Waals surface area contributed by atoms with E-state index in [4.69, 9.17) is 4.52 Å². The normalized spacial score (nSPS) is 11.1. The van der Waals surface area contributed by atoms with Gasteiger partial charge in [0.05, 0.1) is 16.6 Å². The molecule has 9 heteroatoms. The van der Waals surface area contributed by atoms with Crippen LogP contribution in [0.3, 0.4) is 0 Å². The highest BCUT2D eigenvalue weighted by molar-refractivity contribution is 7.22. The van der Waals surface area contributed by atoms with Crippen LogP contribution in [0, 0.1) is 13.8 Å². The van der Waals surface area contributed by atoms with Crippen molar-refractivity contribution in [2.75, 3.05) is 6.54 Å². The van der Waals surface area contributed by atoms with Crippen LogP contribution in [0.25, 0.3) is 32.4 Å². The molecule has 1 N–H and O–H groups in total. The number of nitrogens with one attached hydrogen (secondary N) is 1. The number of carbonyl (C=O) groups is 1. The van der Waals surface area contributed by atoms with Crippen LogP contribution in [0.5, 0.6) is 0 Å². The first kappa shape index (κ1) is 22.7. The molecule has 0 spiro atoms. The van der Waals surface area contributed by atoms with Crippen molar-refractivity contribution in [3.05, 3.63) is 88.0 Å². The monoisotopic (exact) mass is 485 g/mol. The van der Waals surface area contributed by atoms with Crippen LogP contribution in [-0.2, 0) is 17.8 Å². The molecule has 0 saturated heterocycles. The second-order valence-corrected chi connectivity index (χ2v) is 9.24. The summed E-state index contributed by atoms with van der Waals surface area (Å²) in [6, 6.07) is 17.7. The van der Waals surface area contributed by atoms with Gasteiger partial charge >= 0.3 is 0 Å². The Bertz CT molecular complexity index is 1570. The molecular formula is C26H23N5O3S. The largest absolute Gasteiger partial charge is 0.354 e. The highest BCUT2D eigenvalue weighted by Crippen LogP contribution is 2.35. The summed E-state index contributed by atoms with van der Waals surface area (Å²) < 4.78 is 6.86. The zero-order valence-electron chi connectivity index (χ0n) is 19.3. The van der Waals surface area contributed by atoms with Gasteiger partial charge in [0.25, 0.3) is 11.4 Å². The van der Waals surface area contributed by atoms with Gasteiger partial charge in [0.15, 0.2) is 0 Å². The molecule has 1 amide bonds. The minimum absolute atomic E-state index is 0.0980. The number of nitrogens with zero attached hydrogens (tertiary/aromatic N) is 4. The van der Waals surface area contributed by atoms with E-state index in [1.54, 1.807) is 0 Å². The summed E-state index contributed by atoms with van der Waals surface area (Å²) in [7, 11) is 0. The highest BCUT2D eigenvalue weighted by atomic mass is 32.1. The summed E-state index contributed by atoms with van der Waals surface area (Å²) in [6.45, 7) is 4.22. The van der Waals surface area contributed by atoms with Crippen LogP contribution in [-0.4, -0.2) is 32.1 Å². The van der Waals surface area contributed by atoms with Crippen LogP contribution < -0.4 is 10.9 Å². The van der Waals surface area contributed by atoms with Gasteiger partial charge in [0.2, 0.25) is 11.7 Å². The number of fused-ring (bicyclic) bond motifs is 1. The number of thiophene rings is 1. The van der Waals surface area contributed by atoms with E-state index in [0.717, 1.165) is 23.1 Å².